The maximum absolute atomic E-state index is 10.8. The van der Waals surface area contributed by atoms with Crippen LogP contribution in [-0.4, -0.2) is 61.9 Å². The predicted molar refractivity (Wildman–Crippen MR) is 61.6 cm³/mol. The normalized spacial score (nSPS) is 23.3. The number of hydrogen-bond donors (Lipinski definition) is 2. The fraction of sp³-hybridized carbons (Fsp3) is 0.909. The molecule has 0 spiro atoms. The van der Waals surface area contributed by atoms with Gasteiger partial charge < -0.3 is 20.1 Å². The standard InChI is InChI=1S/C11H22N2O3/c1-12-10(11(14)15)8-13(2)7-9-5-3-4-6-16-9/h9-10,12H,3-8H2,1-2H3,(H,14,15). The Morgan fingerprint density at radius 3 is 2.88 bits per heavy atom. The van der Waals surface area contributed by atoms with Crippen LogP contribution < -0.4 is 5.32 Å². The van der Waals surface area contributed by atoms with E-state index in [9.17, 15) is 4.79 Å². The number of nitrogens with one attached hydrogen (secondary N) is 1. The molecule has 1 heterocycles. The van der Waals surface area contributed by atoms with Crippen molar-refractivity contribution in [3.8, 4) is 0 Å². The Hall–Kier alpha value is -0.650. The number of likely N-dealkylation sites (N-methyl/N-ethyl adjacent to an activating group) is 2. The maximum Gasteiger partial charge on any atom is 0.322 e. The first-order chi connectivity index (χ1) is 7.63. The van der Waals surface area contributed by atoms with Crippen molar-refractivity contribution in [2.24, 2.45) is 0 Å². The van der Waals surface area contributed by atoms with Gasteiger partial charge in [-0.1, -0.05) is 0 Å². The van der Waals surface area contributed by atoms with Gasteiger partial charge in [-0.25, -0.2) is 0 Å². The molecule has 0 radical (unpaired) electrons. The lowest BCUT2D eigenvalue weighted by Crippen LogP contribution is -2.45. The molecule has 5 nitrogen and oxygen atoms in total. The van der Waals surface area contributed by atoms with Crippen molar-refractivity contribution in [1.82, 2.24) is 10.2 Å². The molecule has 2 atom stereocenters. The van der Waals surface area contributed by atoms with Crippen LogP contribution in [0.15, 0.2) is 0 Å². The molecule has 0 aromatic carbocycles. The zero-order valence-electron chi connectivity index (χ0n) is 10.1. The summed E-state index contributed by atoms with van der Waals surface area (Å²) in [5.41, 5.74) is 0. The molecule has 0 bridgehead atoms. The first-order valence-electron chi connectivity index (χ1n) is 5.83. The van der Waals surface area contributed by atoms with Crippen molar-refractivity contribution < 1.29 is 14.6 Å². The second kappa shape index (κ2) is 6.83. The minimum atomic E-state index is -0.807. The summed E-state index contributed by atoms with van der Waals surface area (Å²) >= 11 is 0. The molecule has 1 rings (SSSR count). The van der Waals surface area contributed by atoms with Crippen LogP contribution in [0.1, 0.15) is 19.3 Å². The third-order valence-electron chi connectivity index (χ3n) is 2.93. The van der Waals surface area contributed by atoms with Crippen LogP contribution >= 0.6 is 0 Å². The van der Waals surface area contributed by atoms with E-state index in [0.717, 1.165) is 26.0 Å². The predicted octanol–water partition coefficient (Wildman–Crippen LogP) is 0.160. The third-order valence-corrected chi connectivity index (χ3v) is 2.93. The van der Waals surface area contributed by atoms with Crippen molar-refractivity contribution in [2.75, 3.05) is 33.8 Å². The van der Waals surface area contributed by atoms with Crippen molar-refractivity contribution in [3.63, 3.8) is 0 Å². The van der Waals surface area contributed by atoms with Gasteiger partial charge in [-0.05, 0) is 33.4 Å². The fourth-order valence-electron chi connectivity index (χ4n) is 1.98. The molecular formula is C11H22N2O3. The summed E-state index contributed by atoms with van der Waals surface area (Å²) in [6, 6.07) is -0.506. The van der Waals surface area contributed by atoms with Gasteiger partial charge in [0, 0.05) is 19.7 Å². The van der Waals surface area contributed by atoms with E-state index in [1.165, 1.54) is 6.42 Å². The van der Waals surface area contributed by atoms with Crippen molar-refractivity contribution in [1.29, 1.82) is 0 Å². The van der Waals surface area contributed by atoms with Gasteiger partial charge >= 0.3 is 5.97 Å². The Labute approximate surface area is 96.8 Å². The number of carboxylic acids is 1. The molecule has 2 unspecified atom stereocenters. The van der Waals surface area contributed by atoms with E-state index in [-0.39, 0.29) is 6.10 Å². The maximum atomic E-state index is 10.8. The monoisotopic (exact) mass is 230 g/mol. The molecule has 1 saturated heterocycles. The zero-order chi connectivity index (χ0) is 12.0. The van der Waals surface area contributed by atoms with Gasteiger partial charge in [0.05, 0.1) is 6.10 Å². The third kappa shape index (κ3) is 4.47. The summed E-state index contributed by atoms with van der Waals surface area (Å²) in [5.74, 6) is -0.807. The highest BCUT2D eigenvalue weighted by Gasteiger charge is 2.20. The Morgan fingerprint density at radius 2 is 2.38 bits per heavy atom. The minimum Gasteiger partial charge on any atom is -0.480 e. The topological polar surface area (TPSA) is 61.8 Å². The largest absolute Gasteiger partial charge is 0.480 e. The summed E-state index contributed by atoms with van der Waals surface area (Å²) in [4.78, 5) is 12.9. The van der Waals surface area contributed by atoms with E-state index in [1.54, 1.807) is 7.05 Å². The van der Waals surface area contributed by atoms with Crippen molar-refractivity contribution >= 4 is 5.97 Å². The van der Waals surface area contributed by atoms with E-state index in [4.69, 9.17) is 9.84 Å². The zero-order valence-corrected chi connectivity index (χ0v) is 10.1. The molecule has 0 saturated carbocycles. The summed E-state index contributed by atoms with van der Waals surface area (Å²) in [7, 11) is 3.61. The Bertz CT molecular complexity index is 217. The number of rotatable bonds is 6. The summed E-state index contributed by atoms with van der Waals surface area (Å²) in [6.07, 6.45) is 3.72. The lowest BCUT2D eigenvalue weighted by molar-refractivity contribution is -0.139. The fourth-order valence-corrected chi connectivity index (χ4v) is 1.98. The summed E-state index contributed by atoms with van der Waals surface area (Å²) < 4.78 is 5.61. The number of carboxylic acid groups (broad SMARTS) is 1. The van der Waals surface area contributed by atoms with E-state index >= 15 is 0 Å². The number of ether oxygens (including phenoxy) is 1. The summed E-state index contributed by atoms with van der Waals surface area (Å²) in [5, 5.41) is 11.7. The van der Waals surface area contributed by atoms with E-state index in [1.807, 2.05) is 11.9 Å². The van der Waals surface area contributed by atoms with Gasteiger partial charge in [0.25, 0.3) is 0 Å². The van der Waals surface area contributed by atoms with Gasteiger partial charge in [-0.3, -0.25) is 4.79 Å². The van der Waals surface area contributed by atoms with Crippen LogP contribution in [0.4, 0.5) is 0 Å². The second-order valence-electron chi connectivity index (χ2n) is 4.39. The Morgan fingerprint density at radius 1 is 1.62 bits per heavy atom. The number of hydrogen-bond acceptors (Lipinski definition) is 4. The molecule has 0 aromatic rings. The quantitative estimate of drug-likeness (QED) is 0.680. The van der Waals surface area contributed by atoms with Crippen LogP contribution in [-0.2, 0) is 9.53 Å². The molecule has 2 N–H and O–H groups in total. The molecular weight excluding hydrogens is 208 g/mol. The molecule has 0 aromatic heterocycles. The Balaban J connectivity index is 2.27. The number of nitrogens with zero attached hydrogens (tertiary/aromatic N) is 1. The van der Waals surface area contributed by atoms with Gasteiger partial charge in [0.2, 0.25) is 0 Å². The van der Waals surface area contributed by atoms with Crippen molar-refractivity contribution in [3.05, 3.63) is 0 Å². The van der Waals surface area contributed by atoms with E-state index in [2.05, 4.69) is 5.32 Å². The highest BCUT2D eigenvalue weighted by molar-refractivity contribution is 5.73. The van der Waals surface area contributed by atoms with Gasteiger partial charge in [0.15, 0.2) is 0 Å². The Kier molecular flexibility index (Phi) is 5.73. The van der Waals surface area contributed by atoms with Crippen LogP contribution in [0.3, 0.4) is 0 Å². The second-order valence-corrected chi connectivity index (χ2v) is 4.39. The van der Waals surface area contributed by atoms with Crippen LogP contribution in [0.25, 0.3) is 0 Å². The highest BCUT2D eigenvalue weighted by Crippen LogP contribution is 2.13. The molecule has 16 heavy (non-hydrogen) atoms. The average Bonchev–Trinajstić information content (AvgIpc) is 2.27. The molecule has 0 amide bonds. The van der Waals surface area contributed by atoms with Gasteiger partial charge in [-0.2, -0.15) is 0 Å². The average molecular weight is 230 g/mol. The smallest absolute Gasteiger partial charge is 0.322 e. The van der Waals surface area contributed by atoms with Crippen LogP contribution in [0, 0.1) is 0 Å². The number of carbonyl (C=O) groups is 1. The van der Waals surface area contributed by atoms with Crippen molar-refractivity contribution in [2.45, 2.75) is 31.4 Å². The van der Waals surface area contributed by atoms with E-state index in [0.29, 0.717) is 6.54 Å². The number of aliphatic carboxylic acids is 1. The first kappa shape index (κ1) is 13.4. The van der Waals surface area contributed by atoms with Gasteiger partial charge in [0.1, 0.15) is 6.04 Å². The van der Waals surface area contributed by atoms with E-state index < -0.39 is 12.0 Å². The lowest BCUT2D eigenvalue weighted by Gasteiger charge is -2.28. The molecule has 0 aliphatic carbocycles. The molecule has 1 aliphatic rings. The lowest BCUT2D eigenvalue weighted by atomic mass is 10.1. The molecule has 1 fully saturated rings. The van der Waals surface area contributed by atoms with Gasteiger partial charge in [-0.15, -0.1) is 0 Å². The molecule has 1 aliphatic heterocycles. The molecule has 5 heteroatoms. The first-order valence-corrected chi connectivity index (χ1v) is 5.83. The highest BCUT2D eigenvalue weighted by atomic mass is 16.5. The SMILES string of the molecule is CNC(CN(C)CC1CCCCO1)C(=O)O. The van der Waals surface area contributed by atoms with Crippen LogP contribution in [0.5, 0.6) is 0 Å². The summed E-state index contributed by atoms with van der Waals surface area (Å²) in [6.45, 7) is 2.16. The molecule has 94 valence electrons. The van der Waals surface area contributed by atoms with Crippen LogP contribution in [0.2, 0.25) is 0 Å². The minimum absolute atomic E-state index is 0.269.